The number of carboxylic acid groups (broad SMARTS) is 1. The van der Waals surface area contributed by atoms with E-state index in [1.165, 1.54) is 0 Å². The van der Waals surface area contributed by atoms with Crippen LogP contribution in [0.15, 0.2) is 0 Å². The van der Waals surface area contributed by atoms with Crippen molar-refractivity contribution in [2.45, 2.75) is 6.42 Å². The van der Waals surface area contributed by atoms with Crippen molar-refractivity contribution in [3.05, 3.63) is 0 Å². The van der Waals surface area contributed by atoms with Gasteiger partial charge in [-0.2, -0.15) is 0 Å². The van der Waals surface area contributed by atoms with Gasteiger partial charge in [-0.1, -0.05) is 22.6 Å². The maximum Gasteiger partial charge on any atom is 0.315 e. The maximum absolute atomic E-state index is 10.4. The fourth-order valence-electron chi connectivity index (χ4n) is 0.291. The molecule has 0 rings (SSSR count). The normalized spacial score (nSPS) is 8.90. The van der Waals surface area contributed by atoms with Crippen molar-refractivity contribution >= 4 is 34.5 Å². The highest BCUT2D eigenvalue weighted by Crippen LogP contribution is 1.88. The molecule has 0 saturated carbocycles. The number of halogens is 1. The predicted octanol–water partition coefficient (Wildman–Crippen LogP) is 0.439. The number of carbonyl (C=O) groups is 2. The van der Waals surface area contributed by atoms with E-state index in [4.69, 9.17) is 5.11 Å². The van der Waals surface area contributed by atoms with E-state index in [1.54, 1.807) is 0 Å². The Morgan fingerprint density at radius 2 is 2.10 bits per heavy atom. The third kappa shape index (κ3) is 5.80. The van der Waals surface area contributed by atoms with Gasteiger partial charge in [0.25, 0.3) is 0 Å². The first kappa shape index (κ1) is 9.67. The molecule has 0 fully saturated rings. The zero-order valence-corrected chi connectivity index (χ0v) is 7.33. The second kappa shape index (κ2) is 5.45. The summed E-state index contributed by atoms with van der Waals surface area (Å²) in [7, 11) is 0. The number of hydrogen-bond donors (Lipinski definition) is 1. The molecule has 0 heterocycles. The molecule has 0 aromatic heterocycles. The fraction of sp³-hybridized carbons (Fsp3) is 0.600. The molecule has 0 atom stereocenters. The van der Waals surface area contributed by atoms with Crippen molar-refractivity contribution in [3.8, 4) is 0 Å². The van der Waals surface area contributed by atoms with E-state index in [-0.39, 0.29) is 23.4 Å². The quantitative estimate of drug-likeness (QED) is 0.451. The van der Waals surface area contributed by atoms with Crippen LogP contribution in [0, 0.1) is 0 Å². The van der Waals surface area contributed by atoms with Crippen LogP contribution in [0.2, 0.25) is 0 Å². The Hall–Kier alpha value is -0.330. The van der Waals surface area contributed by atoms with Gasteiger partial charge in [0.2, 0.25) is 0 Å². The second-order valence-electron chi connectivity index (χ2n) is 1.50. The van der Waals surface area contributed by atoms with E-state index in [9.17, 15) is 9.59 Å². The highest BCUT2D eigenvalue weighted by Gasteiger charge is 2.00. The van der Waals surface area contributed by atoms with Crippen molar-refractivity contribution in [1.82, 2.24) is 0 Å². The van der Waals surface area contributed by atoms with Crippen molar-refractivity contribution in [2.24, 2.45) is 0 Å². The zero-order valence-electron chi connectivity index (χ0n) is 5.17. The molecule has 0 aliphatic rings. The van der Waals surface area contributed by atoms with Crippen LogP contribution in [0.3, 0.4) is 0 Å². The molecule has 0 radical (unpaired) electrons. The molecule has 0 saturated heterocycles. The van der Waals surface area contributed by atoms with Crippen LogP contribution in [0.1, 0.15) is 6.42 Å². The highest BCUT2D eigenvalue weighted by molar-refractivity contribution is 14.1. The minimum atomic E-state index is -0.957. The van der Waals surface area contributed by atoms with Crippen molar-refractivity contribution in [1.29, 1.82) is 0 Å². The Morgan fingerprint density at radius 1 is 1.50 bits per heavy atom. The third-order valence-corrected chi connectivity index (χ3v) is 1.31. The first-order chi connectivity index (χ1) is 4.66. The largest absolute Gasteiger partial charge is 0.481 e. The molecule has 0 spiro atoms. The number of carboxylic acids is 1. The Bertz CT molecular complexity index is 134. The van der Waals surface area contributed by atoms with Crippen LogP contribution in [0.25, 0.3) is 0 Å². The van der Waals surface area contributed by atoms with Gasteiger partial charge in [-0.3, -0.25) is 9.59 Å². The van der Waals surface area contributed by atoms with Gasteiger partial charge in [-0.25, -0.2) is 0 Å². The molecule has 0 amide bonds. The zero-order chi connectivity index (χ0) is 7.98. The van der Waals surface area contributed by atoms with Gasteiger partial charge in [-0.05, 0) is 0 Å². The van der Waals surface area contributed by atoms with Gasteiger partial charge in [0.05, 0.1) is 10.8 Å². The Kier molecular flexibility index (Phi) is 5.27. The van der Waals surface area contributed by atoms with E-state index in [1.807, 2.05) is 22.6 Å². The summed E-state index contributed by atoms with van der Waals surface area (Å²) in [5.74, 6) is -1.33. The Balaban J connectivity index is 3.20. The van der Waals surface area contributed by atoms with Crippen LogP contribution >= 0.6 is 22.6 Å². The first-order valence-corrected chi connectivity index (χ1v) is 4.12. The molecule has 0 aromatic rings. The van der Waals surface area contributed by atoms with Crippen LogP contribution in [-0.2, 0) is 14.3 Å². The van der Waals surface area contributed by atoms with Crippen LogP contribution < -0.4 is 0 Å². The van der Waals surface area contributed by atoms with E-state index >= 15 is 0 Å². The van der Waals surface area contributed by atoms with Crippen molar-refractivity contribution in [3.63, 3.8) is 0 Å². The molecule has 5 heteroatoms. The maximum atomic E-state index is 10.4. The van der Waals surface area contributed by atoms with E-state index in [0.29, 0.717) is 0 Å². The van der Waals surface area contributed by atoms with Crippen LogP contribution in [0.5, 0.6) is 0 Å². The van der Waals surface area contributed by atoms with Crippen LogP contribution in [0.4, 0.5) is 0 Å². The topological polar surface area (TPSA) is 63.6 Å². The average Bonchev–Trinajstić information content (AvgIpc) is 1.87. The van der Waals surface area contributed by atoms with Gasteiger partial charge in [0, 0.05) is 0 Å². The number of aliphatic carboxylic acids is 1. The summed E-state index contributed by atoms with van der Waals surface area (Å²) in [5.41, 5.74) is 0. The molecule has 0 aliphatic heterocycles. The third-order valence-electron chi connectivity index (χ3n) is 0.688. The molecule has 58 valence electrons. The standard InChI is InChI=1S/C5H7IO4/c6-3-5(9)10-2-1-4(7)8/h1-3H2,(H,7,8). The molecule has 0 bridgehead atoms. The minimum absolute atomic E-state index is 0.0306. The van der Waals surface area contributed by atoms with Crippen LogP contribution in [-0.4, -0.2) is 28.1 Å². The summed E-state index contributed by atoms with van der Waals surface area (Å²) in [5, 5.41) is 8.11. The van der Waals surface area contributed by atoms with Gasteiger partial charge < -0.3 is 9.84 Å². The van der Waals surface area contributed by atoms with E-state index < -0.39 is 5.97 Å². The molecule has 0 aromatic carbocycles. The summed E-state index contributed by atoms with van der Waals surface area (Å²) in [6, 6.07) is 0. The SMILES string of the molecule is O=C(O)CCOC(=O)CI. The summed E-state index contributed by atoms with van der Waals surface area (Å²) < 4.78 is 4.74. The number of hydrogen-bond acceptors (Lipinski definition) is 3. The van der Waals surface area contributed by atoms with Gasteiger partial charge in [-0.15, -0.1) is 0 Å². The first-order valence-electron chi connectivity index (χ1n) is 2.60. The van der Waals surface area contributed by atoms with E-state index in [0.717, 1.165) is 0 Å². The Morgan fingerprint density at radius 3 is 2.50 bits per heavy atom. The highest BCUT2D eigenvalue weighted by atomic mass is 127. The summed E-state index contributed by atoms with van der Waals surface area (Å²) in [4.78, 5) is 20.2. The average molecular weight is 258 g/mol. The smallest absolute Gasteiger partial charge is 0.315 e. The van der Waals surface area contributed by atoms with Crippen molar-refractivity contribution < 1.29 is 19.4 Å². The second-order valence-corrected chi connectivity index (χ2v) is 2.26. The number of esters is 1. The lowest BCUT2D eigenvalue weighted by Crippen LogP contribution is -2.09. The number of rotatable bonds is 4. The predicted molar refractivity (Wildman–Crippen MR) is 42.1 cm³/mol. The molecule has 4 nitrogen and oxygen atoms in total. The monoisotopic (exact) mass is 258 g/mol. The van der Waals surface area contributed by atoms with Crippen molar-refractivity contribution in [2.75, 3.05) is 11.0 Å². The summed E-state index contributed by atoms with van der Waals surface area (Å²) in [6.07, 6.45) is -0.123. The Labute approximate surface area is 71.7 Å². The molecule has 10 heavy (non-hydrogen) atoms. The molecular weight excluding hydrogens is 251 g/mol. The minimum Gasteiger partial charge on any atom is -0.481 e. The molecule has 1 N–H and O–H groups in total. The number of carbonyl (C=O) groups excluding carboxylic acids is 1. The lowest BCUT2D eigenvalue weighted by atomic mass is 10.5. The van der Waals surface area contributed by atoms with Gasteiger partial charge in [0.1, 0.15) is 6.61 Å². The van der Waals surface area contributed by atoms with E-state index in [2.05, 4.69) is 4.74 Å². The molecule has 0 unspecified atom stereocenters. The van der Waals surface area contributed by atoms with Gasteiger partial charge in [0.15, 0.2) is 0 Å². The molecular formula is C5H7IO4. The van der Waals surface area contributed by atoms with Gasteiger partial charge >= 0.3 is 11.9 Å². The summed E-state index contributed by atoms with van der Waals surface area (Å²) in [6.45, 7) is -0.0306. The number of ether oxygens (including phenoxy) is 1. The fourth-order valence-corrected chi connectivity index (χ4v) is 0.511. The lowest BCUT2D eigenvalue weighted by Gasteiger charge is -1.97. The molecule has 0 aliphatic carbocycles. The lowest BCUT2D eigenvalue weighted by molar-refractivity contribution is -0.144. The number of alkyl halides is 1. The summed E-state index contributed by atoms with van der Waals surface area (Å²) >= 11 is 1.85.